The summed E-state index contributed by atoms with van der Waals surface area (Å²) in [5.74, 6) is 0.0408. The van der Waals surface area contributed by atoms with E-state index in [0.717, 1.165) is 23.4 Å². The molecule has 1 fully saturated rings. The van der Waals surface area contributed by atoms with E-state index in [9.17, 15) is 9.59 Å². The molecule has 2 amide bonds. The summed E-state index contributed by atoms with van der Waals surface area (Å²) in [5.41, 5.74) is 1.63. The molecule has 0 unspecified atom stereocenters. The number of nitrogens with one attached hydrogen (secondary N) is 1. The minimum absolute atomic E-state index is 0.168. The maximum absolute atomic E-state index is 12.1. The fraction of sp³-hybridized carbons (Fsp3) is 0.312. The van der Waals surface area contributed by atoms with E-state index >= 15 is 0 Å². The van der Waals surface area contributed by atoms with Crippen LogP contribution in [0.15, 0.2) is 30.5 Å². The van der Waals surface area contributed by atoms with Crippen LogP contribution in [0.3, 0.4) is 0 Å². The zero-order valence-corrected chi connectivity index (χ0v) is 13.2. The highest BCUT2D eigenvalue weighted by molar-refractivity contribution is 7.15. The van der Waals surface area contributed by atoms with Gasteiger partial charge in [0.2, 0.25) is 5.91 Å². The predicted octanol–water partition coefficient (Wildman–Crippen LogP) is 2.83. The van der Waals surface area contributed by atoms with Gasteiger partial charge in [0, 0.05) is 36.1 Å². The first-order valence-corrected chi connectivity index (χ1v) is 8.04. The molecule has 2 heterocycles. The van der Waals surface area contributed by atoms with Gasteiger partial charge in [-0.15, -0.1) is 11.3 Å². The Morgan fingerprint density at radius 1 is 1.36 bits per heavy atom. The number of aryl methyl sites for hydroxylation is 1. The summed E-state index contributed by atoms with van der Waals surface area (Å²) in [6, 6.07) is 7.36. The van der Waals surface area contributed by atoms with Gasteiger partial charge in [0.15, 0.2) is 5.13 Å². The second kappa shape index (κ2) is 6.27. The number of hydrogen-bond donors (Lipinski definition) is 1. The van der Waals surface area contributed by atoms with E-state index in [4.69, 9.17) is 0 Å². The van der Waals surface area contributed by atoms with Gasteiger partial charge >= 0.3 is 0 Å². The third kappa shape index (κ3) is 3.33. The molecule has 1 N–H and O–H groups in total. The molecule has 1 saturated heterocycles. The summed E-state index contributed by atoms with van der Waals surface area (Å²) in [6.45, 7) is 3.39. The number of likely N-dealkylation sites (tertiary alicyclic amines) is 1. The lowest BCUT2D eigenvalue weighted by molar-refractivity contribution is -0.128. The number of rotatable bonds is 4. The number of aromatic nitrogens is 1. The van der Waals surface area contributed by atoms with E-state index in [1.54, 1.807) is 18.3 Å². The lowest BCUT2D eigenvalue weighted by Gasteiger charge is -2.15. The number of carbonyl (C=O) groups is 2. The molecule has 1 aromatic carbocycles. The summed E-state index contributed by atoms with van der Waals surface area (Å²) in [7, 11) is 0. The molecule has 22 heavy (non-hydrogen) atoms. The van der Waals surface area contributed by atoms with Crippen molar-refractivity contribution in [2.75, 3.05) is 11.9 Å². The van der Waals surface area contributed by atoms with Crippen LogP contribution < -0.4 is 5.32 Å². The standard InChI is InChI=1S/C16H17N3O2S/c1-11-9-17-16(22-11)18-15(21)13-6-4-12(5-7-13)10-19-8-2-3-14(19)20/h4-7,9H,2-3,8,10H2,1H3,(H,17,18,21). The molecular weight excluding hydrogens is 298 g/mol. The second-order valence-electron chi connectivity index (χ2n) is 5.35. The van der Waals surface area contributed by atoms with E-state index in [2.05, 4.69) is 10.3 Å². The molecule has 0 atom stereocenters. The monoisotopic (exact) mass is 315 g/mol. The maximum atomic E-state index is 12.1. The van der Waals surface area contributed by atoms with E-state index in [1.807, 2.05) is 24.0 Å². The fourth-order valence-corrected chi connectivity index (χ4v) is 3.09. The first-order valence-electron chi connectivity index (χ1n) is 7.22. The van der Waals surface area contributed by atoms with Gasteiger partial charge in [-0.3, -0.25) is 14.9 Å². The van der Waals surface area contributed by atoms with E-state index in [1.165, 1.54) is 11.3 Å². The smallest absolute Gasteiger partial charge is 0.257 e. The minimum atomic E-state index is -0.168. The van der Waals surface area contributed by atoms with Crippen LogP contribution in [0, 0.1) is 6.92 Å². The average molecular weight is 315 g/mol. The van der Waals surface area contributed by atoms with Gasteiger partial charge in [0.1, 0.15) is 0 Å². The van der Waals surface area contributed by atoms with Crippen LogP contribution in [0.5, 0.6) is 0 Å². The van der Waals surface area contributed by atoms with E-state index in [0.29, 0.717) is 23.7 Å². The number of hydrogen-bond acceptors (Lipinski definition) is 4. The average Bonchev–Trinajstić information content (AvgIpc) is 3.09. The third-order valence-electron chi connectivity index (χ3n) is 3.60. The highest BCUT2D eigenvalue weighted by Crippen LogP contribution is 2.18. The number of benzene rings is 1. The topological polar surface area (TPSA) is 62.3 Å². The predicted molar refractivity (Wildman–Crippen MR) is 85.9 cm³/mol. The molecule has 3 rings (SSSR count). The van der Waals surface area contributed by atoms with Crippen LogP contribution in [0.2, 0.25) is 0 Å². The first kappa shape index (κ1) is 14.7. The van der Waals surface area contributed by atoms with Crippen molar-refractivity contribution in [2.45, 2.75) is 26.3 Å². The van der Waals surface area contributed by atoms with Gasteiger partial charge in [-0.05, 0) is 31.0 Å². The number of carbonyl (C=O) groups excluding carboxylic acids is 2. The normalized spacial score (nSPS) is 14.4. The largest absolute Gasteiger partial charge is 0.338 e. The third-order valence-corrected chi connectivity index (χ3v) is 4.43. The quantitative estimate of drug-likeness (QED) is 0.943. The van der Waals surface area contributed by atoms with Crippen molar-refractivity contribution in [3.8, 4) is 0 Å². The molecule has 1 aromatic heterocycles. The summed E-state index contributed by atoms with van der Waals surface area (Å²) < 4.78 is 0. The van der Waals surface area contributed by atoms with E-state index in [-0.39, 0.29) is 11.8 Å². The second-order valence-corrected chi connectivity index (χ2v) is 6.58. The molecule has 0 spiro atoms. The van der Waals surface area contributed by atoms with E-state index < -0.39 is 0 Å². The Morgan fingerprint density at radius 3 is 2.73 bits per heavy atom. The molecule has 1 aliphatic rings. The Bertz CT molecular complexity index is 694. The molecule has 0 aliphatic carbocycles. The molecule has 0 radical (unpaired) electrons. The summed E-state index contributed by atoms with van der Waals surface area (Å²) in [6.07, 6.45) is 3.32. The van der Waals surface area contributed by atoms with Crippen molar-refractivity contribution < 1.29 is 9.59 Å². The van der Waals surface area contributed by atoms with Crippen LogP contribution in [-0.2, 0) is 11.3 Å². The number of nitrogens with zero attached hydrogens (tertiary/aromatic N) is 2. The SMILES string of the molecule is Cc1cnc(NC(=O)c2ccc(CN3CCCC3=O)cc2)s1. The fourth-order valence-electron chi connectivity index (χ4n) is 2.43. The van der Waals surface area contributed by atoms with Crippen LogP contribution in [0.1, 0.15) is 33.6 Å². The minimum Gasteiger partial charge on any atom is -0.338 e. The van der Waals surface area contributed by atoms with Gasteiger partial charge < -0.3 is 4.90 Å². The molecule has 114 valence electrons. The van der Waals surface area contributed by atoms with Crippen LogP contribution in [0.25, 0.3) is 0 Å². The number of anilines is 1. The molecular formula is C16H17N3O2S. The Kier molecular flexibility index (Phi) is 4.20. The lowest BCUT2D eigenvalue weighted by atomic mass is 10.1. The number of thiazole rings is 1. The van der Waals surface area contributed by atoms with Crippen molar-refractivity contribution >= 4 is 28.3 Å². The molecule has 0 bridgehead atoms. The Balaban J connectivity index is 1.63. The Labute approximate surface area is 133 Å². The van der Waals surface area contributed by atoms with Crippen LogP contribution >= 0.6 is 11.3 Å². The van der Waals surface area contributed by atoms with Crippen LogP contribution in [0.4, 0.5) is 5.13 Å². The van der Waals surface area contributed by atoms with Crippen molar-refractivity contribution in [3.63, 3.8) is 0 Å². The molecule has 1 aliphatic heterocycles. The summed E-state index contributed by atoms with van der Waals surface area (Å²) in [5, 5.41) is 3.39. The van der Waals surface area contributed by atoms with Crippen molar-refractivity contribution in [2.24, 2.45) is 0 Å². The van der Waals surface area contributed by atoms with Crippen LogP contribution in [-0.4, -0.2) is 28.2 Å². The Hall–Kier alpha value is -2.21. The highest BCUT2D eigenvalue weighted by Gasteiger charge is 2.20. The molecule has 5 nitrogen and oxygen atoms in total. The van der Waals surface area contributed by atoms with Gasteiger partial charge in [0.25, 0.3) is 5.91 Å². The number of amides is 2. The van der Waals surface area contributed by atoms with Crippen molar-refractivity contribution in [1.82, 2.24) is 9.88 Å². The lowest BCUT2D eigenvalue weighted by Crippen LogP contribution is -2.23. The van der Waals surface area contributed by atoms with Gasteiger partial charge in [-0.25, -0.2) is 4.98 Å². The van der Waals surface area contributed by atoms with Crippen molar-refractivity contribution in [3.05, 3.63) is 46.5 Å². The van der Waals surface area contributed by atoms with Crippen molar-refractivity contribution in [1.29, 1.82) is 0 Å². The first-order chi connectivity index (χ1) is 10.6. The van der Waals surface area contributed by atoms with Gasteiger partial charge in [-0.2, -0.15) is 0 Å². The Morgan fingerprint density at radius 2 is 2.14 bits per heavy atom. The highest BCUT2D eigenvalue weighted by atomic mass is 32.1. The molecule has 0 saturated carbocycles. The van der Waals surface area contributed by atoms with Gasteiger partial charge in [-0.1, -0.05) is 12.1 Å². The summed E-state index contributed by atoms with van der Waals surface area (Å²) >= 11 is 1.45. The molecule has 2 aromatic rings. The van der Waals surface area contributed by atoms with Gasteiger partial charge in [0.05, 0.1) is 0 Å². The maximum Gasteiger partial charge on any atom is 0.257 e. The molecule has 6 heteroatoms. The summed E-state index contributed by atoms with van der Waals surface area (Å²) in [4.78, 5) is 30.8. The zero-order valence-electron chi connectivity index (χ0n) is 12.3. The zero-order chi connectivity index (χ0) is 15.5.